The van der Waals surface area contributed by atoms with Crippen LogP contribution in [0.4, 0.5) is 0 Å². The fraction of sp³-hybridized carbons (Fsp3) is 0.364. The van der Waals surface area contributed by atoms with Crippen molar-refractivity contribution in [2.75, 3.05) is 0 Å². The minimum Gasteiger partial charge on any atom is -0.294 e. The van der Waals surface area contributed by atoms with E-state index < -0.39 is 10.8 Å². The summed E-state index contributed by atoms with van der Waals surface area (Å²) in [6.07, 6.45) is 0.406. The van der Waals surface area contributed by atoms with Crippen LogP contribution in [0, 0.1) is 6.92 Å². The molecule has 1 heterocycles. The monoisotopic (exact) mass is 208 g/mol. The molecule has 3 heteroatoms. The van der Waals surface area contributed by atoms with Gasteiger partial charge in [0.15, 0.2) is 5.78 Å². The van der Waals surface area contributed by atoms with Gasteiger partial charge >= 0.3 is 0 Å². The van der Waals surface area contributed by atoms with Crippen molar-refractivity contribution in [1.29, 1.82) is 0 Å². The first kappa shape index (κ1) is 9.59. The standard InChI is InChI=1S/C11H12O2S/c1-7-3-4-11-9(5-7)10(12)6-8(2)14(11)13/h3-5,8H,6H2,1-2H3. The van der Waals surface area contributed by atoms with Crippen LogP contribution in [-0.2, 0) is 10.8 Å². The van der Waals surface area contributed by atoms with Crippen LogP contribution in [0.2, 0.25) is 0 Å². The molecule has 2 unspecified atom stereocenters. The molecule has 74 valence electrons. The van der Waals surface area contributed by atoms with Crippen molar-refractivity contribution in [3.63, 3.8) is 0 Å². The third-order valence-electron chi connectivity index (χ3n) is 2.49. The van der Waals surface area contributed by atoms with Crippen LogP contribution < -0.4 is 0 Å². The lowest BCUT2D eigenvalue weighted by atomic mass is 10.0. The minimum absolute atomic E-state index is 0.0438. The van der Waals surface area contributed by atoms with E-state index in [2.05, 4.69) is 0 Å². The molecule has 1 aliphatic heterocycles. The fourth-order valence-corrected chi connectivity index (χ4v) is 3.03. The summed E-state index contributed by atoms with van der Waals surface area (Å²) in [7, 11) is -1.01. The summed E-state index contributed by atoms with van der Waals surface area (Å²) in [5, 5.41) is -0.0438. The summed E-state index contributed by atoms with van der Waals surface area (Å²) in [5.74, 6) is 0.121. The number of hydrogen-bond donors (Lipinski definition) is 0. The third-order valence-corrected chi connectivity index (χ3v) is 4.18. The number of benzene rings is 1. The van der Waals surface area contributed by atoms with Gasteiger partial charge in [-0.2, -0.15) is 0 Å². The van der Waals surface area contributed by atoms with E-state index in [1.165, 1.54) is 0 Å². The Bertz CT molecular complexity index is 423. The molecule has 0 amide bonds. The molecule has 1 aromatic carbocycles. The largest absolute Gasteiger partial charge is 0.294 e. The molecule has 1 aromatic rings. The van der Waals surface area contributed by atoms with Gasteiger partial charge in [0, 0.05) is 22.1 Å². The fourth-order valence-electron chi connectivity index (χ4n) is 1.70. The number of rotatable bonds is 0. The predicted molar refractivity (Wildman–Crippen MR) is 56.0 cm³/mol. The highest BCUT2D eigenvalue weighted by atomic mass is 32.2. The maximum absolute atomic E-state index is 11.8. The van der Waals surface area contributed by atoms with Crippen molar-refractivity contribution in [3.8, 4) is 0 Å². The number of Topliss-reactive ketones (excluding diaryl/α,β-unsaturated/α-hetero) is 1. The SMILES string of the molecule is Cc1ccc2c(c1)C(=O)CC(C)S2=O. The van der Waals surface area contributed by atoms with Crippen LogP contribution >= 0.6 is 0 Å². The topological polar surface area (TPSA) is 34.1 Å². The van der Waals surface area contributed by atoms with Gasteiger partial charge in [-0.15, -0.1) is 0 Å². The quantitative estimate of drug-likeness (QED) is 0.654. The first-order valence-corrected chi connectivity index (χ1v) is 5.85. The van der Waals surface area contributed by atoms with E-state index >= 15 is 0 Å². The molecular weight excluding hydrogens is 196 g/mol. The Morgan fingerprint density at radius 2 is 2.14 bits per heavy atom. The molecular formula is C11H12O2S. The Morgan fingerprint density at radius 1 is 1.43 bits per heavy atom. The van der Waals surface area contributed by atoms with Gasteiger partial charge in [-0.25, -0.2) is 0 Å². The first-order chi connectivity index (χ1) is 6.59. The highest BCUT2D eigenvalue weighted by molar-refractivity contribution is 7.86. The summed E-state index contributed by atoms with van der Waals surface area (Å²) >= 11 is 0. The second-order valence-electron chi connectivity index (χ2n) is 3.73. The van der Waals surface area contributed by atoms with E-state index in [0.29, 0.717) is 16.9 Å². The molecule has 2 atom stereocenters. The Morgan fingerprint density at radius 3 is 2.86 bits per heavy atom. The van der Waals surface area contributed by atoms with Gasteiger partial charge in [0.1, 0.15) is 0 Å². The van der Waals surface area contributed by atoms with Crippen molar-refractivity contribution in [2.24, 2.45) is 0 Å². The lowest BCUT2D eigenvalue weighted by Gasteiger charge is -2.19. The molecule has 0 fully saturated rings. The number of carbonyl (C=O) groups excluding carboxylic acids is 1. The lowest BCUT2D eigenvalue weighted by molar-refractivity contribution is 0.0977. The Hall–Kier alpha value is -0.960. The zero-order chi connectivity index (χ0) is 10.3. The van der Waals surface area contributed by atoms with E-state index in [9.17, 15) is 9.00 Å². The molecule has 2 rings (SSSR count). The minimum atomic E-state index is -1.01. The molecule has 14 heavy (non-hydrogen) atoms. The van der Waals surface area contributed by atoms with Crippen molar-refractivity contribution in [1.82, 2.24) is 0 Å². The highest BCUT2D eigenvalue weighted by Crippen LogP contribution is 2.27. The van der Waals surface area contributed by atoms with Gasteiger partial charge in [0.05, 0.1) is 10.8 Å². The maximum atomic E-state index is 11.8. The van der Waals surface area contributed by atoms with Crippen molar-refractivity contribution >= 4 is 16.6 Å². The van der Waals surface area contributed by atoms with Crippen LogP contribution in [0.25, 0.3) is 0 Å². The molecule has 1 aliphatic rings. The van der Waals surface area contributed by atoms with E-state index in [1.807, 2.05) is 32.0 Å². The van der Waals surface area contributed by atoms with Gasteiger partial charge in [-0.1, -0.05) is 18.6 Å². The maximum Gasteiger partial charge on any atom is 0.165 e. The predicted octanol–water partition coefficient (Wildman–Crippen LogP) is 2.08. The number of fused-ring (bicyclic) bond motifs is 1. The zero-order valence-corrected chi connectivity index (χ0v) is 9.06. The second-order valence-corrected chi connectivity index (χ2v) is 5.57. The van der Waals surface area contributed by atoms with Crippen LogP contribution in [-0.4, -0.2) is 15.2 Å². The second kappa shape index (κ2) is 3.31. The lowest BCUT2D eigenvalue weighted by Crippen LogP contribution is -2.24. The van der Waals surface area contributed by atoms with Gasteiger partial charge in [0.2, 0.25) is 0 Å². The highest BCUT2D eigenvalue weighted by Gasteiger charge is 2.28. The number of aryl methyl sites for hydroxylation is 1. The van der Waals surface area contributed by atoms with E-state index in [0.717, 1.165) is 5.56 Å². The van der Waals surface area contributed by atoms with Crippen molar-refractivity contribution < 1.29 is 9.00 Å². The van der Waals surface area contributed by atoms with Crippen LogP contribution in [0.15, 0.2) is 23.1 Å². The average Bonchev–Trinajstić information content (AvgIpc) is 2.14. The molecule has 0 saturated heterocycles. The van der Waals surface area contributed by atoms with Crippen molar-refractivity contribution in [3.05, 3.63) is 29.3 Å². The Kier molecular flexibility index (Phi) is 2.27. The summed E-state index contributed by atoms with van der Waals surface area (Å²) in [6.45, 7) is 3.80. The van der Waals surface area contributed by atoms with Crippen LogP contribution in [0.3, 0.4) is 0 Å². The molecule has 0 spiro atoms. The Labute approximate surface area is 85.8 Å². The zero-order valence-electron chi connectivity index (χ0n) is 8.24. The van der Waals surface area contributed by atoms with Crippen molar-refractivity contribution in [2.45, 2.75) is 30.4 Å². The molecule has 0 N–H and O–H groups in total. The smallest absolute Gasteiger partial charge is 0.165 e. The van der Waals surface area contributed by atoms with Gasteiger partial charge in [0.25, 0.3) is 0 Å². The molecule has 0 aliphatic carbocycles. The van der Waals surface area contributed by atoms with Gasteiger partial charge in [-0.05, 0) is 19.1 Å². The molecule has 0 aromatic heterocycles. The normalized spacial score (nSPS) is 26.0. The average molecular weight is 208 g/mol. The Balaban J connectivity index is 2.61. The van der Waals surface area contributed by atoms with Crippen LogP contribution in [0.1, 0.15) is 29.3 Å². The summed E-state index contributed by atoms with van der Waals surface area (Å²) < 4.78 is 11.8. The molecule has 2 nitrogen and oxygen atoms in total. The third kappa shape index (κ3) is 1.42. The molecule has 0 saturated carbocycles. The van der Waals surface area contributed by atoms with Gasteiger partial charge < -0.3 is 0 Å². The number of carbonyl (C=O) groups is 1. The summed E-state index contributed by atoms with van der Waals surface area (Å²) in [5.41, 5.74) is 1.70. The van der Waals surface area contributed by atoms with E-state index in [-0.39, 0.29) is 11.0 Å². The summed E-state index contributed by atoms with van der Waals surface area (Å²) in [6, 6.07) is 5.55. The van der Waals surface area contributed by atoms with E-state index in [4.69, 9.17) is 0 Å². The van der Waals surface area contributed by atoms with Gasteiger partial charge in [-0.3, -0.25) is 9.00 Å². The van der Waals surface area contributed by atoms with E-state index in [1.54, 1.807) is 0 Å². The molecule has 0 bridgehead atoms. The first-order valence-electron chi connectivity index (χ1n) is 4.64. The number of hydrogen-bond acceptors (Lipinski definition) is 2. The number of ketones is 1. The van der Waals surface area contributed by atoms with Crippen LogP contribution in [0.5, 0.6) is 0 Å². The molecule has 0 radical (unpaired) electrons. The summed E-state index contributed by atoms with van der Waals surface area (Å²) in [4.78, 5) is 12.4.